The van der Waals surface area contributed by atoms with E-state index < -0.39 is 70.8 Å². The Kier molecular flexibility index (Phi) is 9.48. The van der Waals surface area contributed by atoms with E-state index in [1.54, 1.807) is 0 Å². The highest BCUT2D eigenvalue weighted by atomic mass is 32.3. The van der Waals surface area contributed by atoms with Crippen LogP contribution in [0.2, 0.25) is 0 Å². The summed E-state index contributed by atoms with van der Waals surface area (Å²) >= 11 is 0. The van der Waals surface area contributed by atoms with E-state index >= 15 is 0 Å². The SMILES string of the molecule is CCCS(=O)(=O)C(=C(S(=O)(=O)CCC)S(=O)(=O)CCC)S(=O)(=O)CCC. The zero-order valence-corrected chi connectivity index (χ0v) is 18.8. The Bertz CT molecular complexity index is 767. The minimum atomic E-state index is -4.62. The highest BCUT2D eigenvalue weighted by Gasteiger charge is 2.43. The van der Waals surface area contributed by atoms with Crippen molar-refractivity contribution in [3.63, 3.8) is 0 Å². The van der Waals surface area contributed by atoms with Crippen LogP contribution in [0, 0.1) is 0 Å². The molecule has 156 valence electrons. The molecule has 0 aromatic carbocycles. The summed E-state index contributed by atoms with van der Waals surface area (Å²) in [5.41, 5.74) is 0. The van der Waals surface area contributed by atoms with Crippen LogP contribution in [0.5, 0.6) is 0 Å². The zero-order chi connectivity index (χ0) is 20.8. The summed E-state index contributed by atoms with van der Waals surface area (Å²) in [5.74, 6) is -2.62. The van der Waals surface area contributed by atoms with Crippen molar-refractivity contribution in [2.75, 3.05) is 23.0 Å². The third-order valence-corrected chi connectivity index (χ3v) is 13.6. The maximum Gasteiger partial charge on any atom is 0.191 e. The summed E-state index contributed by atoms with van der Waals surface area (Å²) in [6, 6.07) is 0. The van der Waals surface area contributed by atoms with Gasteiger partial charge in [0.1, 0.15) is 0 Å². The number of sulfone groups is 4. The molecule has 0 radical (unpaired) electrons. The molecule has 0 heterocycles. The monoisotopic (exact) mass is 452 g/mol. The van der Waals surface area contributed by atoms with Gasteiger partial charge in [-0.15, -0.1) is 0 Å². The third-order valence-electron chi connectivity index (χ3n) is 3.19. The second kappa shape index (κ2) is 9.65. The lowest BCUT2D eigenvalue weighted by atomic mass is 10.6. The second-order valence-electron chi connectivity index (χ2n) is 5.85. The van der Waals surface area contributed by atoms with Crippen molar-refractivity contribution >= 4 is 39.3 Å². The Labute approximate surface area is 157 Å². The summed E-state index contributed by atoms with van der Waals surface area (Å²) in [5, 5.41) is 0. The Morgan fingerprint density at radius 2 is 0.577 bits per heavy atom. The van der Waals surface area contributed by atoms with Gasteiger partial charge in [0, 0.05) is 0 Å². The standard InChI is InChI=1S/C14H28O8S4/c1-5-9-23(15,16)13(24(17,18)10-6-2)14(25(19,20)11-7-3)26(21,22)12-8-4/h5-12H2,1-4H3. The van der Waals surface area contributed by atoms with Gasteiger partial charge in [0.2, 0.25) is 0 Å². The van der Waals surface area contributed by atoms with Crippen LogP contribution < -0.4 is 0 Å². The van der Waals surface area contributed by atoms with E-state index in [1.165, 1.54) is 27.7 Å². The van der Waals surface area contributed by atoms with Gasteiger partial charge in [0.15, 0.2) is 47.8 Å². The Morgan fingerprint density at radius 1 is 0.423 bits per heavy atom. The predicted molar refractivity (Wildman–Crippen MR) is 103 cm³/mol. The van der Waals surface area contributed by atoms with Gasteiger partial charge in [-0.3, -0.25) is 0 Å². The molecule has 0 atom stereocenters. The molecule has 0 aliphatic rings. The van der Waals surface area contributed by atoms with Crippen molar-refractivity contribution < 1.29 is 33.7 Å². The fourth-order valence-electron chi connectivity index (χ4n) is 2.34. The largest absolute Gasteiger partial charge is 0.223 e. The average Bonchev–Trinajstić information content (AvgIpc) is 2.43. The van der Waals surface area contributed by atoms with Gasteiger partial charge in [-0.1, -0.05) is 27.7 Å². The van der Waals surface area contributed by atoms with E-state index in [4.69, 9.17) is 0 Å². The fourth-order valence-corrected chi connectivity index (χ4v) is 13.4. The number of hydrogen-bond acceptors (Lipinski definition) is 8. The molecule has 0 aliphatic carbocycles. The van der Waals surface area contributed by atoms with Crippen LogP contribution in [-0.2, 0) is 39.3 Å². The van der Waals surface area contributed by atoms with E-state index in [9.17, 15) is 33.7 Å². The smallest absolute Gasteiger partial charge is 0.191 e. The van der Waals surface area contributed by atoms with E-state index in [1.807, 2.05) is 0 Å². The first kappa shape index (κ1) is 25.5. The molecule has 0 saturated carbocycles. The van der Waals surface area contributed by atoms with Crippen molar-refractivity contribution in [1.29, 1.82) is 0 Å². The summed E-state index contributed by atoms with van der Waals surface area (Å²) in [6.45, 7) is 5.90. The van der Waals surface area contributed by atoms with Gasteiger partial charge in [-0.25, -0.2) is 33.7 Å². The molecule has 0 aliphatic heterocycles. The van der Waals surface area contributed by atoms with Crippen molar-refractivity contribution in [2.24, 2.45) is 0 Å². The van der Waals surface area contributed by atoms with Crippen LogP contribution >= 0.6 is 0 Å². The van der Waals surface area contributed by atoms with E-state index in [2.05, 4.69) is 0 Å². The molecule has 8 nitrogen and oxygen atoms in total. The summed E-state index contributed by atoms with van der Waals surface area (Å²) in [7, 11) is -18.5. The molecular formula is C14H28O8S4. The molecule has 0 aromatic heterocycles. The van der Waals surface area contributed by atoms with Crippen molar-refractivity contribution in [2.45, 2.75) is 53.4 Å². The molecule has 0 spiro atoms. The molecule has 12 heteroatoms. The number of hydrogen-bond donors (Lipinski definition) is 0. The van der Waals surface area contributed by atoms with Gasteiger partial charge in [-0.2, -0.15) is 0 Å². The Morgan fingerprint density at radius 3 is 0.692 bits per heavy atom. The first-order valence-electron chi connectivity index (χ1n) is 8.38. The normalized spacial score (nSPS) is 13.5. The Balaban J connectivity index is 7.51. The van der Waals surface area contributed by atoms with Gasteiger partial charge < -0.3 is 0 Å². The van der Waals surface area contributed by atoms with Crippen LogP contribution in [0.4, 0.5) is 0 Å². The zero-order valence-electron chi connectivity index (χ0n) is 15.6. The third kappa shape index (κ3) is 6.31. The molecular weight excluding hydrogens is 424 g/mol. The average molecular weight is 453 g/mol. The highest BCUT2D eigenvalue weighted by Crippen LogP contribution is 2.31. The predicted octanol–water partition coefficient (Wildman–Crippen LogP) is 1.41. The molecule has 0 amide bonds. The molecule has 0 fully saturated rings. The molecule has 0 bridgehead atoms. The minimum absolute atomic E-state index is 0.0163. The van der Waals surface area contributed by atoms with Gasteiger partial charge in [0.25, 0.3) is 0 Å². The maximum atomic E-state index is 12.6. The van der Waals surface area contributed by atoms with E-state index in [0.717, 1.165) is 0 Å². The lowest BCUT2D eigenvalue weighted by Gasteiger charge is -2.16. The molecule has 0 N–H and O–H groups in total. The van der Waals surface area contributed by atoms with Crippen LogP contribution in [0.3, 0.4) is 0 Å². The molecule has 0 rings (SSSR count). The number of rotatable bonds is 12. The fraction of sp³-hybridized carbons (Fsp3) is 0.857. The lowest BCUT2D eigenvalue weighted by Crippen LogP contribution is -2.29. The van der Waals surface area contributed by atoms with Crippen molar-refractivity contribution in [3.05, 3.63) is 8.47 Å². The molecule has 0 unspecified atom stereocenters. The highest BCUT2D eigenvalue weighted by molar-refractivity contribution is 8.20. The first-order chi connectivity index (χ1) is 11.7. The second-order valence-corrected chi connectivity index (χ2v) is 14.6. The van der Waals surface area contributed by atoms with Crippen LogP contribution in [0.15, 0.2) is 8.47 Å². The summed E-state index contributed by atoms with van der Waals surface area (Å²) < 4.78 is 98.1. The van der Waals surface area contributed by atoms with Gasteiger partial charge >= 0.3 is 0 Å². The van der Waals surface area contributed by atoms with E-state index in [-0.39, 0.29) is 25.7 Å². The Hall–Kier alpha value is -0.460. The summed E-state index contributed by atoms with van der Waals surface area (Å²) in [4.78, 5) is 0. The van der Waals surface area contributed by atoms with Gasteiger partial charge in [0.05, 0.1) is 23.0 Å². The van der Waals surface area contributed by atoms with Gasteiger partial charge in [-0.05, 0) is 25.7 Å². The van der Waals surface area contributed by atoms with Crippen molar-refractivity contribution in [1.82, 2.24) is 0 Å². The van der Waals surface area contributed by atoms with E-state index in [0.29, 0.717) is 0 Å². The molecule has 0 saturated heterocycles. The van der Waals surface area contributed by atoms with Crippen LogP contribution in [-0.4, -0.2) is 56.7 Å². The minimum Gasteiger partial charge on any atom is -0.223 e. The summed E-state index contributed by atoms with van der Waals surface area (Å²) in [6.07, 6.45) is 0.0651. The quantitative estimate of drug-likeness (QED) is 0.433. The van der Waals surface area contributed by atoms with Crippen LogP contribution in [0.1, 0.15) is 53.4 Å². The molecule has 26 heavy (non-hydrogen) atoms. The van der Waals surface area contributed by atoms with Crippen molar-refractivity contribution in [3.8, 4) is 0 Å². The topological polar surface area (TPSA) is 137 Å². The maximum absolute atomic E-state index is 12.6. The molecule has 0 aromatic rings. The van der Waals surface area contributed by atoms with Crippen LogP contribution in [0.25, 0.3) is 0 Å². The first-order valence-corrected chi connectivity index (χ1v) is 15.0. The lowest BCUT2D eigenvalue weighted by molar-refractivity contribution is 0.584.